The van der Waals surface area contributed by atoms with Gasteiger partial charge in [-0.1, -0.05) is 213 Å². The summed E-state index contributed by atoms with van der Waals surface area (Å²) >= 11 is 0. The summed E-state index contributed by atoms with van der Waals surface area (Å²) in [7, 11) is 1.71. The van der Waals surface area contributed by atoms with Crippen LogP contribution < -0.4 is 21.5 Å². The lowest BCUT2D eigenvalue weighted by molar-refractivity contribution is 0.255. The van der Waals surface area contributed by atoms with Crippen LogP contribution in [0.5, 0.6) is 0 Å². The van der Waals surface area contributed by atoms with Gasteiger partial charge in [0.25, 0.3) is 10.9 Å². The van der Waals surface area contributed by atoms with Crippen LogP contribution in [0.2, 0.25) is 0 Å². The minimum atomic E-state index is -0.389. The van der Waals surface area contributed by atoms with E-state index in [0.717, 1.165) is 31.8 Å². The van der Waals surface area contributed by atoms with Crippen LogP contribution >= 0.6 is 0 Å². The number of nitrogens with one attached hydrogen (secondary N) is 2. The lowest BCUT2D eigenvalue weighted by Gasteiger charge is -2.23. The first-order valence-corrected chi connectivity index (χ1v) is 23.6. The highest BCUT2D eigenvalue weighted by Gasteiger charge is 2.18. The molecule has 1 aromatic rings. The van der Waals surface area contributed by atoms with Gasteiger partial charge >= 0.3 is 0 Å². The Balaban J connectivity index is 2.35. The van der Waals surface area contributed by atoms with Crippen molar-refractivity contribution in [1.29, 1.82) is 0 Å². The van der Waals surface area contributed by atoms with Crippen molar-refractivity contribution in [3.63, 3.8) is 0 Å². The summed E-state index contributed by atoms with van der Waals surface area (Å²) in [5, 5.41) is 6.08. The first kappa shape index (κ1) is 48.7. The van der Waals surface area contributed by atoms with E-state index >= 15 is 0 Å². The SMILES string of the molecule is CCCCCCCCCCCCCCN(CCCCCCCC(CCCCCCCC)CCCCCCCC)CCCCNc1c(NC)c(=O)c1=O. The van der Waals surface area contributed by atoms with E-state index < -0.39 is 0 Å². The zero-order chi connectivity index (χ0) is 37.7. The lowest BCUT2D eigenvalue weighted by Crippen LogP contribution is -2.37. The summed E-state index contributed by atoms with van der Waals surface area (Å²) in [6.07, 6.45) is 47.5. The molecule has 5 nitrogen and oxygen atoms in total. The molecule has 2 N–H and O–H groups in total. The second kappa shape index (κ2) is 36.6. The Bertz CT molecular complexity index is 939. The zero-order valence-electron chi connectivity index (χ0n) is 35.7. The Morgan fingerprint density at radius 3 is 1.08 bits per heavy atom. The Labute approximate surface area is 324 Å². The molecule has 0 unspecified atom stereocenters. The van der Waals surface area contributed by atoms with E-state index in [4.69, 9.17) is 0 Å². The van der Waals surface area contributed by atoms with Crippen molar-refractivity contribution in [2.45, 2.75) is 239 Å². The fourth-order valence-electron chi connectivity index (χ4n) is 8.14. The van der Waals surface area contributed by atoms with E-state index in [1.807, 2.05) is 0 Å². The first-order chi connectivity index (χ1) is 25.6. The lowest BCUT2D eigenvalue weighted by atomic mass is 9.89. The predicted octanol–water partition coefficient (Wildman–Crippen LogP) is 14.0. The van der Waals surface area contributed by atoms with Gasteiger partial charge in [-0.05, 0) is 51.2 Å². The van der Waals surface area contributed by atoms with E-state index in [1.54, 1.807) is 7.05 Å². The molecule has 5 heteroatoms. The summed E-state index contributed by atoms with van der Waals surface area (Å²) < 4.78 is 0. The maximum atomic E-state index is 11.9. The van der Waals surface area contributed by atoms with Gasteiger partial charge in [0, 0.05) is 13.6 Å². The second-order valence-corrected chi connectivity index (χ2v) is 16.6. The van der Waals surface area contributed by atoms with Crippen molar-refractivity contribution in [2.24, 2.45) is 5.92 Å². The fraction of sp³-hybridized carbons (Fsp3) is 0.915. The highest BCUT2D eigenvalue weighted by atomic mass is 16.2. The second-order valence-electron chi connectivity index (χ2n) is 16.6. The quantitative estimate of drug-likeness (QED) is 0.0518. The Morgan fingerprint density at radius 2 is 0.712 bits per heavy atom. The molecule has 1 rings (SSSR count). The monoisotopic (exact) mass is 730 g/mol. The van der Waals surface area contributed by atoms with Crippen LogP contribution in [0.25, 0.3) is 0 Å². The molecule has 0 aliphatic heterocycles. The molecule has 52 heavy (non-hydrogen) atoms. The number of nitrogens with zero attached hydrogens (tertiary/aromatic N) is 1. The van der Waals surface area contributed by atoms with Crippen molar-refractivity contribution in [1.82, 2.24) is 4.90 Å². The zero-order valence-corrected chi connectivity index (χ0v) is 35.7. The maximum absolute atomic E-state index is 11.9. The van der Waals surface area contributed by atoms with Gasteiger partial charge in [0.05, 0.1) is 0 Å². The summed E-state index contributed by atoms with van der Waals surface area (Å²) in [6.45, 7) is 11.3. The molecule has 0 saturated carbocycles. The third-order valence-electron chi connectivity index (χ3n) is 11.7. The number of hydrogen-bond donors (Lipinski definition) is 2. The van der Waals surface area contributed by atoms with Crippen LogP contribution in [0.1, 0.15) is 239 Å². The smallest absolute Gasteiger partial charge is 0.253 e. The summed E-state index contributed by atoms with van der Waals surface area (Å²) in [5.41, 5.74) is 0.172. The van der Waals surface area contributed by atoms with Gasteiger partial charge in [0.1, 0.15) is 11.4 Å². The van der Waals surface area contributed by atoms with Gasteiger partial charge in [0.2, 0.25) is 0 Å². The predicted molar refractivity (Wildman–Crippen MR) is 233 cm³/mol. The maximum Gasteiger partial charge on any atom is 0.253 e. The van der Waals surface area contributed by atoms with E-state index in [-0.39, 0.29) is 10.9 Å². The molecular weight excluding hydrogens is 639 g/mol. The summed E-state index contributed by atoms with van der Waals surface area (Å²) in [4.78, 5) is 26.3. The molecule has 0 heterocycles. The largest absolute Gasteiger partial charge is 0.383 e. The van der Waals surface area contributed by atoms with Crippen molar-refractivity contribution >= 4 is 11.4 Å². The fourth-order valence-corrected chi connectivity index (χ4v) is 8.14. The van der Waals surface area contributed by atoms with Gasteiger partial charge in [-0.15, -0.1) is 0 Å². The van der Waals surface area contributed by atoms with E-state index in [1.165, 1.54) is 219 Å². The molecular formula is C47H91N3O2. The summed E-state index contributed by atoms with van der Waals surface area (Å²) in [6, 6.07) is 0. The molecule has 0 aliphatic rings. The minimum absolute atomic E-state index is 0.371. The third kappa shape index (κ3) is 26.4. The Kier molecular flexibility index (Phi) is 34.3. The highest BCUT2D eigenvalue weighted by Crippen LogP contribution is 2.25. The molecule has 0 aliphatic carbocycles. The van der Waals surface area contributed by atoms with Gasteiger partial charge in [-0.2, -0.15) is 0 Å². The van der Waals surface area contributed by atoms with Crippen molar-refractivity contribution in [2.75, 3.05) is 43.9 Å². The average Bonchev–Trinajstić information content (AvgIpc) is 3.15. The number of hydrogen-bond acceptors (Lipinski definition) is 5. The van der Waals surface area contributed by atoms with Crippen molar-refractivity contribution in [3.8, 4) is 0 Å². The van der Waals surface area contributed by atoms with Crippen LogP contribution in [0.4, 0.5) is 11.4 Å². The summed E-state index contributed by atoms with van der Waals surface area (Å²) in [5.74, 6) is 0.974. The van der Waals surface area contributed by atoms with Crippen LogP contribution in [0.3, 0.4) is 0 Å². The van der Waals surface area contributed by atoms with E-state index in [9.17, 15) is 9.59 Å². The van der Waals surface area contributed by atoms with Crippen molar-refractivity contribution in [3.05, 3.63) is 20.4 Å². The topological polar surface area (TPSA) is 61.4 Å². The normalized spacial score (nSPS) is 11.8. The number of anilines is 2. The van der Waals surface area contributed by atoms with Crippen LogP contribution in [0, 0.1) is 5.92 Å². The Morgan fingerprint density at radius 1 is 0.404 bits per heavy atom. The third-order valence-corrected chi connectivity index (χ3v) is 11.7. The molecule has 0 spiro atoms. The molecule has 0 bridgehead atoms. The molecule has 0 amide bonds. The van der Waals surface area contributed by atoms with Gasteiger partial charge in [-0.3, -0.25) is 9.59 Å². The molecule has 0 saturated heterocycles. The molecule has 1 aromatic carbocycles. The van der Waals surface area contributed by atoms with Crippen LogP contribution in [-0.4, -0.2) is 38.1 Å². The molecule has 0 aromatic heterocycles. The Hall–Kier alpha value is -1.36. The first-order valence-electron chi connectivity index (χ1n) is 23.6. The van der Waals surface area contributed by atoms with Gasteiger partial charge in [-0.25, -0.2) is 0 Å². The van der Waals surface area contributed by atoms with Gasteiger partial charge < -0.3 is 15.5 Å². The average molecular weight is 730 g/mol. The number of rotatable bonds is 42. The highest BCUT2D eigenvalue weighted by molar-refractivity contribution is 5.73. The standard InChI is InChI=1S/C47H91N3O2/c1-5-8-11-14-17-18-19-20-21-22-27-33-40-50(42-35-32-39-49-45-44(48-4)46(51)47(45)52)41-34-28-23-26-31-38-43(36-29-24-15-12-9-6-2)37-30-25-16-13-10-7-3/h43,48-49H,5-42H2,1-4H3. The van der Waals surface area contributed by atoms with Gasteiger partial charge in [0.15, 0.2) is 0 Å². The van der Waals surface area contributed by atoms with Crippen molar-refractivity contribution < 1.29 is 0 Å². The van der Waals surface area contributed by atoms with Crippen LogP contribution in [0.15, 0.2) is 9.59 Å². The molecule has 0 radical (unpaired) electrons. The van der Waals surface area contributed by atoms with E-state index in [0.29, 0.717) is 11.4 Å². The molecule has 0 fully saturated rings. The number of unbranched alkanes of at least 4 members (excludes halogenated alkanes) is 26. The van der Waals surface area contributed by atoms with E-state index in [2.05, 4.69) is 36.3 Å². The molecule has 0 atom stereocenters. The minimum Gasteiger partial charge on any atom is -0.383 e. The molecule has 306 valence electrons. The van der Waals surface area contributed by atoms with Crippen LogP contribution in [-0.2, 0) is 0 Å².